The first kappa shape index (κ1) is 11.2. The highest BCUT2D eigenvalue weighted by Gasteiger charge is 2.00. The van der Waals surface area contributed by atoms with Crippen LogP contribution in [0.4, 0.5) is 0 Å². The average Bonchev–Trinajstić information content (AvgIpc) is 2.16. The van der Waals surface area contributed by atoms with E-state index in [2.05, 4.69) is 37.9 Å². The van der Waals surface area contributed by atoms with Crippen LogP contribution in [0.5, 0.6) is 0 Å². The predicted molar refractivity (Wildman–Crippen MR) is 62.2 cm³/mol. The molecule has 1 N–H and O–H groups in total. The molecule has 0 bridgehead atoms. The van der Waals surface area contributed by atoms with E-state index >= 15 is 0 Å². The Kier molecular flexibility index (Phi) is 4.99. The highest BCUT2D eigenvalue weighted by atomic mass is 79.9. The summed E-state index contributed by atoms with van der Waals surface area (Å²) in [5.74, 6) is 0. The van der Waals surface area contributed by atoms with E-state index in [0.29, 0.717) is 0 Å². The van der Waals surface area contributed by atoms with Crippen molar-refractivity contribution < 1.29 is 5.11 Å². The van der Waals surface area contributed by atoms with Gasteiger partial charge in [0, 0.05) is 9.80 Å². The van der Waals surface area contributed by atoms with Gasteiger partial charge in [0.2, 0.25) is 0 Å². The van der Waals surface area contributed by atoms with Crippen LogP contribution in [0.2, 0.25) is 0 Å². The third kappa shape index (κ3) is 3.41. The van der Waals surface area contributed by atoms with Crippen molar-refractivity contribution in [3.63, 3.8) is 0 Å². The molecule has 0 fully saturated rings. The van der Waals surface area contributed by atoms with E-state index in [4.69, 9.17) is 5.11 Å². The third-order valence-electron chi connectivity index (χ3n) is 1.88. The molecular weight excluding hydrogens is 296 g/mol. The van der Waals surface area contributed by atoms with Crippen molar-refractivity contribution in [3.05, 3.63) is 33.8 Å². The number of rotatable bonds is 4. The van der Waals surface area contributed by atoms with Crippen molar-refractivity contribution >= 4 is 31.9 Å². The lowest BCUT2D eigenvalue weighted by molar-refractivity contribution is 0.281. The maximum atomic E-state index is 8.90. The van der Waals surface area contributed by atoms with Crippen LogP contribution in [0.15, 0.2) is 22.7 Å². The summed E-state index contributed by atoms with van der Waals surface area (Å²) in [4.78, 5) is 0. The zero-order chi connectivity index (χ0) is 9.68. The second-order valence-corrected chi connectivity index (χ2v) is 4.52. The molecule has 0 atom stereocenters. The topological polar surface area (TPSA) is 20.2 Å². The van der Waals surface area contributed by atoms with Crippen molar-refractivity contribution in [2.45, 2.75) is 19.4 Å². The molecule has 1 aromatic rings. The lowest BCUT2D eigenvalue weighted by Gasteiger charge is -2.04. The minimum Gasteiger partial charge on any atom is -0.392 e. The quantitative estimate of drug-likeness (QED) is 0.847. The molecule has 3 heteroatoms. The Hall–Kier alpha value is 0.140. The number of aryl methyl sites for hydroxylation is 1. The molecule has 1 aromatic carbocycles. The minimum atomic E-state index is 0.108. The fraction of sp³-hybridized carbons (Fsp3) is 0.400. The van der Waals surface area contributed by atoms with E-state index in [9.17, 15) is 0 Å². The number of hydrogen-bond acceptors (Lipinski definition) is 1. The van der Waals surface area contributed by atoms with E-state index in [0.717, 1.165) is 28.2 Å². The molecule has 1 rings (SSSR count). The SMILES string of the molecule is OCc1ccc(CCCBr)c(Br)c1. The molecule has 0 unspecified atom stereocenters. The van der Waals surface area contributed by atoms with Crippen LogP contribution in [0.1, 0.15) is 17.5 Å². The van der Waals surface area contributed by atoms with E-state index < -0.39 is 0 Å². The van der Waals surface area contributed by atoms with Gasteiger partial charge >= 0.3 is 0 Å². The van der Waals surface area contributed by atoms with Gasteiger partial charge in [-0.25, -0.2) is 0 Å². The Labute approximate surface area is 95.4 Å². The van der Waals surface area contributed by atoms with Gasteiger partial charge in [-0.3, -0.25) is 0 Å². The number of aliphatic hydroxyl groups excluding tert-OH is 1. The molecule has 0 aliphatic carbocycles. The number of aliphatic hydroxyl groups is 1. The van der Waals surface area contributed by atoms with Crippen LogP contribution in [-0.2, 0) is 13.0 Å². The zero-order valence-corrected chi connectivity index (χ0v) is 10.4. The molecule has 0 heterocycles. The molecule has 1 nitrogen and oxygen atoms in total. The van der Waals surface area contributed by atoms with Gasteiger partial charge in [0.15, 0.2) is 0 Å². The first-order valence-electron chi connectivity index (χ1n) is 4.22. The zero-order valence-electron chi connectivity index (χ0n) is 7.26. The van der Waals surface area contributed by atoms with Crippen molar-refractivity contribution in [1.29, 1.82) is 0 Å². The normalized spacial score (nSPS) is 10.4. The average molecular weight is 308 g/mol. The van der Waals surface area contributed by atoms with E-state index in [1.807, 2.05) is 12.1 Å². The molecular formula is C10H12Br2O. The molecule has 0 aliphatic rings. The summed E-state index contributed by atoms with van der Waals surface area (Å²) < 4.78 is 1.10. The molecule has 0 aromatic heterocycles. The summed E-state index contributed by atoms with van der Waals surface area (Å²) in [5, 5.41) is 9.93. The van der Waals surface area contributed by atoms with Crippen LogP contribution < -0.4 is 0 Å². The Balaban J connectivity index is 2.73. The van der Waals surface area contributed by atoms with Gasteiger partial charge in [0.05, 0.1) is 6.61 Å². The maximum Gasteiger partial charge on any atom is 0.0682 e. The van der Waals surface area contributed by atoms with Crippen LogP contribution in [-0.4, -0.2) is 10.4 Å². The van der Waals surface area contributed by atoms with Crippen molar-refractivity contribution in [1.82, 2.24) is 0 Å². The molecule has 0 aliphatic heterocycles. The lowest BCUT2D eigenvalue weighted by atomic mass is 10.1. The molecule has 0 radical (unpaired) electrons. The molecule has 0 saturated heterocycles. The third-order valence-corrected chi connectivity index (χ3v) is 3.18. The first-order chi connectivity index (χ1) is 6.27. The summed E-state index contributed by atoms with van der Waals surface area (Å²) >= 11 is 6.90. The second-order valence-electron chi connectivity index (χ2n) is 2.88. The second kappa shape index (κ2) is 5.78. The van der Waals surface area contributed by atoms with Gasteiger partial charge in [-0.2, -0.15) is 0 Å². The molecule has 0 amide bonds. The summed E-state index contributed by atoms with van der Waals surface area (Å²) in [7, 11) is 0. The highest BCUT2D eigenvalue weighted by Crippen LogP contribution is 2.20. The van der Waals surface area contributed by atoms with Crippen molar-refractivity contribution in [3.8, 4) is 0 Å². The molecule has 0 saturated carbocycles. The largest absolute Gasteiger partial charge is 0.392 e. The van der Waals surface area contributed by atoms with Gasteiger partial charge in [-0.05, 0) is 30.0 Å². The van der Waals surface area contributed by atoms with E-state index in [-0.39, 0.29) is 6.61 Å². The Morgan fingerprint density at radius 3 is 2.62 bits per heavy atom. The van der Waals surface area contributed by atoms with Crippen molar-refractivity contribution in [2.75, 3.05) is 5.33 Å². The fourth-order valence-electron chi connectivity index (χ4n) is 1.15. The van der Waals surface area contributed by atoms with Gasteiger partial charge in [-0.15, -0.1) is 0 Å². The summed E-state index contributed by atoms with van der Waals surface area (Å²) in [5.41, 5.74) is 2.26. The highest BCUT2D eigenvalue weighted by molar-refractivity contribution is 9.10. The Morgan fingerprint density at radius 2 is 2.08 bits per heavy atom. The van der Waals surface area contributed by atoms with E-state index in [1.54, 1.807) is 0 Å². The molecule has 0 spiro atoms. The number of halogens is 2. The van der Waals surface area contributed by atoms with Crippen LogP contribution >= 0.6 is 31.9 Å². The van der Waals surface area contributed by atoms with Gasteiger partial charge in [0.1, 0.15) is 0 Å². The maximum absolute atomic E-state index is 8.90. The number of hydrogen-bond donors (Lipinski definition) is 1. The predicted octanol–water partition coefficient (Wildman–Crippen LogP) is 3.27. The lowest BCUT2D eigenvalue weighted by Crippen LogP contribution is -1.90. The monoisotopic (exact) mass is 306 g/mol. The Bertz CT molecular complexity index is 274. The minimum absolute atomic E-state index is 0.108. The van der Waals surface area contributed by atoms with Crippen LogP contribution in [0.3, 0.4) is 0 Å². The summed E-state index contributed by atoms with van der Waals surface area (Å²) in [6.45, 7) is 0.108. The summed E-state index contributed by atoms with van der Waals surface area (Å²) in [6.07, 6.45) is 2.20. The standard InChI is InChI=1S/C10H12Br2O/c11-5-1-2-9-4-3-8(7-13)6-10(9)12/h3-4,6,13H,1-2,5,7H2. The van der Waals surface area contributed by atoms with Gasteiger partial charge < -0.3 is 5.11 Å². The number of alkyl halides is 1. The van der Waals surface area contributed by atoms with Crippen LogP contribution in [0.25, 0.3) is 0 Å². The molecule has 13 heavy (non-hydrogen) atoms. The van der Waals surface area contributed by atoms with Gasteiger partial charge in [-0.1, -0.05) is 44.0 Å². The smallest absolute Gasteiger partial charge is 0.0682 e. The van der Waals surface area contributed by atoms with Crippen molar-refractivity contribution in [2.24, 2.45) is 0 Å². The Morgan fingerprint density at radius 1 is 1.31 bits per heavy atom. The van der Waals surface area contributed by atoms with Gasteiger partial charge in [0.25, 0.3) is 0 Å². The fourth-order valence-corrected chi connectivity index (χ4v) is 2.05. The summed E-state index contributed by atoms with van der Waals surface area (Å²) in [6, 6.07) is 6.01. The number of benzene rings is 1. The van der Waals surface area contributed by atoms with Crippen LogP contribution in [0, 0.1) is 0 Å². The van der Waals surface area contributed by atoms with E-state index in [1.165, 1.54) is 5.56 Å². The first-order valence-corrected chi connectivity index (χ1v) is 6.13. The molecule has 72 valence electrons.